The van der Waals surface area contributed by atoms with Crippen molar-refractivity contribution in [1.82, 2.24) is 10.9 Å². The number of ether oxygens (including phenoxy) is 1. The van der Waals surface area contributed by atoms with E-state index >= 15 is 0 Å². The third-order valence-electron chi connectivity index (χ3n) is 3.62. The Hall–Kier alpha value is -2.49. The lowest BCUT2D eigenvalue weighted by Crippen LogP contribution is -2.44. The molecule has 4 N–H and O–H groups in total. The molecule has 0 spiro atoms. The average Bonchev–Trinajstić information content (AvgIpc) is 2.68. The van der Waals surface area contributed by atoms with Crippen molar-refractivity contribution in [3.05, 3.63) is 53.6 Å². The number of methoxy groups -OCH3 is 1. The molecular weight excluding hydrogens is 432 g/mol. The number of Topliss-reactive ketones (excluding diaryl/α,β-unsaturated/α-hetero) is 1. The highest BCUT2D eigenvalue weighted by Gasteiger charge is 2.14. The SMILES string of the molecule is COc1ccc(NC(S)CC(=O)CC(=O)NNC(=S)Nc2ccc(Cl)cc2)cc1. The molecule has 1 unspecified atom stereocenters. The quantitative estimate of drug-likeness (QED) is 0.138. The smallest absolute Gasteiger partial charge is 0.245 e. The first kappa shape index (κ1) is 22.8. The van der Waals surface area contributed by atoms with Gasteiger partial charge in [-0.3, -0.25) is 20.4 Å². The number of carbonyl (C=O) groups excluding carboxylic acids is 2. The van der Waals surface area contributed by atoms with Crippen LogP contribution in [-0.4, -0.2) is 29.3 Å². The number of hydrogen-bond donors (Lipinski definition) is 5. The molecule has 7 nitrogen and oxygen atoms in total. The number of hydrogen-bond acceptors (Lipinski definition) is 6. The topological polar surface area (TPSA) is 91.5 Å². The summed E-state index contributed by atoms with van der Waals surface area (Å²) in [5, 5.41) is 6.31. The van der Waals surface area contributed by atoms with E-state index in [2.05, 4.69) is 34.1 Å². The van der Waals surface area contributed by atoms with Crippen molar-refractivity contribution in [3.8, 4) is 5.75 Å². The maximum Gasteiger partial charge on any atom is 0.245 e. The molecule has 0 aliphatic rings. The van der Waals surface area contributed by atoms with Gasteiger partial charge in [0.1, 0.15) is 11.5 Å². The Morgan fingerprint density at radius 2 is 1.69 bits per heavy atom. The van der Waals surface area contributed by atoms with Gasteiger partial charge < -0.3 is 15.4 Å². The predicted molar refractivity (Wildman–Crippen MR) is 123 cm³/mol. The first-order valence-electron chi connectivity index (χ1n) is 8.57. The van der Waals surface area contributed by atoms with E-state index in [0.717, 1.165) is 11.4 Å². The van der Waals surface area contributed by atoms with Gasteiger partial charge in [-0.1, -0.05) is 11.6 Å². The van der Waals surface area contributed by atoms with E-state index in [1.807, 2.05) is 12.1 Å². The number of hydrazine groups is 1. The van der Waals surface area contributed by atoms with E-state index in [1.165, 1.54) is 0 Å². The van der Waals surface area contributed by atoms with Gasteiger partial charge in [0.2, 0.25) is 5.91 Å². The van der Waals surface area contributed by atoms with Crippen LogP contribution < -0.4 is 26.2 Å². The van der Waals surface area contributed by atoms with Crippen molar-refractivity contribution in [2.75, 3.05) is 17.7 Å². The molecule has 0 aromatic heterocycles. The summed E-state index contributed by atoms with van der Waals surface area (Å²) >= 11 is 15.2. The van der Waals surface area contributed by atoms with Crippen LogP contribution in [-0.2, 0) is 9.59 Å². The molecule has 154 valence electrons. The van der Waals surface area contributed by atoms with E-state index in [4.69, 9.17) is 28.6 Å². The van der Waals surface area contributed by atoms with E-state index in [9.17, 15) is 9.59 Å². The molecule has 0 aliphatic carbocycles. The number of anilines is 2. The molecule has 0 bridgehead atoms. The lowest BCUT2D eigenvalue weighted by molar-refractivity contribution is -0.128. The highest BCUT2D eigenvalue weighted by atomic mass is 35.5. The van der Waals surface area contributed by atoms with Gasteiger partial charge in [-0.25, -0.2) is 0 Å². The summed E-state index contributed by atoms with van der Waals surface area (Å²) in [6.45, 7) is 0. The van der Waals surface area contributed by atoms with Gasteiger partial charge in [-0.2, -0.15) is 12.6 Å². The Morgan fingerprint density at radius 1 is 1.07 bits per heavy atom. The van der Waals surface area contributed by atoms with Crippen LogP contribution in [0.2, 0.25) is 5.02 Å². The zero-order valence-corrected chi connectivity index (χ0v) is 18.0. The first-order chi connectivity index (χ1) is 13.9. The molecular formula is C19H21ClN4O3S2. The molecule has 1 atom stereocenters. The van der Waals surface area contributed by atoms with Crippen LogP contribution in [0.1, 0.15) is 12.8 Å². The molecule has 2 rings (SSSR count). The van der Waals surface area contributed by atoms with Crippen LogP contribution in [0.5, 0.6) is 5.75 Å². The average molecular weight is 453 g/mol. The maximum atomic E-state index is 12.1. The molecule has 0 saturated heterocycles. The number of amides is 1. The molecule has 0 radical (unpaired) electrons. The van der Waals surface area contributed by atoms with Gasteiger partial charge in [-0.05, 0) is 60.7 Å². The van der Waals surface area contributed by atoms with Gasteiger partial charge in [0.15, 0.2) is 5.11 Å². The Morgan fingerprint density at radius 3 is 2.31 bits per heavy atom. The maximum absolute atomic E-state index is 12.1. The molecule has 29 heavy (non-hydrogen) atoms. The number of ketones is 1. The summed E-state index contributed by atoms with van der Waals surface area (Å²) in [5.74, 6) is -0.0305. The number of thiocarbonyl (C=S) groups is 1. The van der Waals surface area contributed by atoms with E-state index in [1.54, 1.807) is 43.5 Å². The van der Waals surface area contributed by atoms with Crippen molar-refractivity contribution < 1.29 is 14.3 Å². The number of halogens is 1. The van der Waals surface area contributed by atoms with Gasteiger partial charge >= 0.3 is 0 Å². The lowest BCUT2D eigenvalue weighted by atomic mass is 10.2. The monoisotopic (exact) mass is 452 g/mol. The predicted octanol–water partition coefficient (Wildman–Crippen LogP) is 3.38. The standard InChI is InChI=1S/C19H21ClN4O3S2/c1-27-16-8-6-13(7-9-16)21-18(28)11-15(25)10-17(26)23-24-19(29)22-14-4-2-12(20)3-5-14/h2-9,18,21,28H,10-11H2,1H3,(H,23,26)(H2,22,24,29). The molecule has 2 aromatic carbocycles. The largest absolute Gasteiger partial charge is 0.497 e. The van der Waals surface area contributed by atoms with Crippen LogP contribution >= 0.6 is 36.4 Å². The van der Waals surface area contributed by atoms with Crippen LogP contribution in [0.15, 0.2) is 48.5 Å². The van der Waals surface area contributed by atoms with Crippen molar-refractivity contribution in [1.29, 1.82) is 0 Å². The highest BCUT2D eigenvalue weighted by Crippen LogP contribution is 2.17. The summed E-state index contributed by atoms with van der Waals surface area (Å²) in [4.78, 5) is 24.0. The molecule has 0 heterocycles. The highest BCUT2D eigenvalue weighted by molar-refractivity contribution is 7.81. The van der Waals surface area contributed by atoms with Gasteiger partial charge in [-0.15, -0.1) is 0 Å². The van der Waals surface area contributed by atoms with Crippen LogP contribution in [0.4, 0.5) is 11.4 Å². The fourth-order valence-corrected chi connectivity index (χ4v) is 2.91. The number of thiol groups is 1. The molecule has 10 heteroatoms. The van der Waals surface area contributed by atoms with Crippen LogP contribution in [0, 0.1) is 0 Å². The third kappa shape index (κ3) is 8.59. The zero-order chi connectivity index (χ0) is 21.2. The third-order valence-corrected chi connectivity index (χ3v) is 4.39. The Labute approximate surface area is 184 Å². The first-order valence-corrected chi connectivity index (χ1v) is 9.87. The van der Waals surface area contributed by atoms with Gasteiger partial charge in [0.05, 0.1) is 18.9 Å². The van der Waals surface area contributed by atoms with Crippen molar-refractivity contribution in [2.24, 2.45) is 0 Å². The number of nitrogens with one attached hydrogen (secondary N) is 4. The normalized spacial score (nSPS) is 11.1. The number of benzene rings is 2. The fraction of sp³-hybridized carbons (Fsp3) is 0.211. The Bertz CT molecular complexity index is 848. The van der Waals surface area contributed by atoms with Crippen molar-refractivity contribution in [3.63, 3.8) is 0 Å². The van der Waals surface area contributed by atoms with Crippen molar-refractivity contribution >= 4 is 64.6 Å². The number of rotatable bonds is 8. The van der Waals surface area contributed by atoms with E-state index < -0.39 is 11.3 Å². The van der Waals surface area contributed by atoms with E-state index in [-0.39, 0.29) is 23.7 Å². The second-order valence-electron chi connectivity index (χ2n) is 5.94. The van der Waals surface area contributed by atoms with Gasteiger partial charge in [0, 0.05) is 22.8 Å². The minimum Gasteiger partial charge on any atom is -0.497 e. The lowest BCUT2D eigenvalue weighted by Gasteiger charge is -2.14. The minimum absolute atomic E-state index is 0.0794. The molecule has 1 amide bonds. The summed E-state index contributed by atoms with van der Waals surface area (Å²) < 4.78 is 5.09. The van der Waals surface area contributed by atoms with E-state index in [0.29, 0.717) is 10.7 Å². The summed E-state index contributed by atoms with van der Waals surface area (Å²) in [5.41, 5.74) is 6.43. The van der Waals surface area contributed by atoms with Gasteiger partial charge in [0.25, 0.3) is 0 Å². The van der Waals surface area contributed by atoms with Crippen LogP contribution in [0.3, 0.4) is 0 Å². The zero-order valence-electron chi connectivity index (χ0n) is 15.6. The summed E-state index contributed by atoms with van der Waals surface area (Å²) in [6, 6.07) is 14.1. The Balaban J connectivity index is 1.68. The fourth-order valence-electron chi connectivity index (χ4n) is 2.26. The molecule has 0 aliphatic heterocycles. The second-order valence-corrected chi connectivity index (χ2v) is 7.41. The summed E-state index contributed by atoms with van der Waals surface area (Å²) in [6.07, 6.45) is -0.214. The number of carbonyl (C=O) groups is 2. The second kappa shape index (κ2) is 11.5. The molecule has 0 saturated carbocycles. The minimum atomic E-state index is -0.500. The van der Waals surface area contributed by atoms with Crippen molar-refractivity contribution in [2.45, 2.75) is 18.2 Å². The molecule has 0 fully saturated rings. The molecule has 2 aromatic rings. The Kier molecular flexibility index (Phi) is 9.04. The van der Waals surface area contributed by atoms with Crippen LogP contribution in [0.25, 0.3) is 0 Å². The summed E-state index contributed by atoms with van der Waals surface area (Å²) in [7, 11) is 1.59.